The summed E-state index contributed by atoms with van der Waals surface area (Å²) in [6, 6.07) is 0.638. The Balaban J connectivity index is 3.20. The van der Waals surface area contributed by atoms with E-state index in [-0.39, 0.29) is 4.47 Å². The highest BCUT2D eigenvalue weighted by Gasteiger charge is 2.59. The zero-order valence-electron chi connectivity index (χ0n) is 7.87. The van der Waals surface area contributed by atoms with E-state index in [2.05, 4.69) is 26.2 Å². The SMILES string of the molecule is CNc1cnc(C(F)(F)C(F)(F)F)cc1Br. The Morgan fingerprint density at radius 1 is 1.25 bits per heavy atom. The summed E-state index contributed by atoms with van der Waals surface area (Å²) in [6.07, 6.45) is -4.75. The summed E-state index contributed by atoms with van der Waals surface area (Å²) in [4.78, 5) is 3.09. The van der Waals surface area contributed by atoms with Crippen LogP contribution in [0.3, 0.4) is 0 Å². The first-order valence-corrected chi connectivity index (χ1v) is 4.77. The van der Waals surface area contributed by atoms with Crippen molar-refractivity contribution in [3.05, 3.63) is 22.4 Å². The van der Waals surface area contributed by atoms with Crippen LogP contribution in [-0.2, 0) is 5.92 Å². The van der Waals surface area contributed by atoms with E-state index >= 15 is 0 Å². The maximum Gasteiger partial charge on any atom is 0.459 e. The molecule has 0 aliphatic rings. The van der Waals surface area contributed by atoms with Crippen LogP contribution in [0.4, 0.5) is 27.6 Å². The number of rotatable bonds is 2. The van der Waals surface area contributed by atoms with Crippen molar-refractivity contribution in [3.63, 3.8) is 0 Å². The van der Waals surface area contributed by atoms with Gasteiger partial charge < -0.3 is 5.32 Å². The van der Waals surface area contributed by atoms with Gasteiger partial charge in [-0.15, -0.1) is 0 Å². The first kappa shape index (κ1) is 13.1. The van der Waals surface area contributed by atoms with Crippen molar-refractivity contribution in [1.82, 2.24) is 4.98 Å². The number of alkyl halides is 5. The molecule has 0 saturated carbocycles. The fraction of sp³-hybridized carbons (Fsp3) is 0.375. The normalized spacial score (nSPS) is 12.7. The third kappa shape index (κ3) is 2.26. The van der Waals surface area contributed by atoms with Crippen LogP contribution in [0.1, 0.15) is 5.69 Å². The van der Waals surface area contributed by atoms with E-state index in [0.717, 1.165) is 6.20 Å². The maximum atomic E-state index is 12.8. The quantitative estimate of drug-likeness (QED) is 0.845. The molecule has 1 rings (SSSR count). The number of anilines is 1. The molecule has 0 fully saturated rings. The van der Waals surface area contributed by atoms with Crippen LogP contribution in [0.2, 0.25) is 0 Å². The van der Waals surface area contributed by atoms with E-state index < -0.39 is 17.8 Å². The summed E-state index contributed by atoms with van der Waals surface area (Å²) in [5.74, 6) is -4.96. The second kappa shape index (κ2) is 4.15. The Morgan fingerprint density at radius 3 is 2.19 bits per heavy atom. The average molecular weight is 305 g/mol. The zero-order valence-corrected chi connectivity index (χ0v) is 9.46. The van der Waals surface area contributed by atoms with Crippen LogP contribution in [0, 0.1) is 0 Å². The van der Waals surface area contributed by atoms with E-state index in [9.17, 15) is 22.0 Å². The number of hydrogen-bond donors (Lipinski definition) is 1. The molecule has 0 atom stereocenters. The van der Waals surface area contributed by atoms with Crippen LogP contribution in [0.25, 0.3) is 0 Å². The lowest BCUT2D eigenvalue weighted by Crippen LogP contribution is -2.34. The highest BCUT2D eigenvalue weighted by molar-refractivity contribution is 9.10. The summed E-state index contributed by atoms with van der Waals surface area (Å²) in [7, 11) is 1.49. The Bertz CT molecular complexity index is 391. The van der Waals surface area contributed by atoms with E-state index in [0.29, 0.717) is 11.8 Å². The molecule has 0 amide bonds. The molecule has 90 valence electrons. The average Bonchev–Trinajstić information content (AvgIpc) is 2.15. The van der Waals surface area contributed by atoms with Crippen molar-refractivity contribution < 1.29 is 22.0 Å². The van der Waals surface area contributed by atoms with Gasteiger partial charge in [0, 0.05) is 11.5 Å². The number of nitrogens with zero attached hydrogens (tertiary/aromatic N) is 1. The van der Waals surface area contributed by atoms with Gasteiger partial charge in [-0.25, -0.2) is 0 Å². The van der Waals surface area contributed by atoms with Crippen LogP contribution >= 0.6 is 15.9 Å². The van der Waals surface area contributed by atoms with Gasteiger partial charge in [-0.3, -0.25) is 4.98 Å². The molecule has 2 nitrogen and oxygen atoms in total. The Morgan fingerprint density at radius 2 is 1.81 bits per heavy atom. The number of pyridine rings is 1. The lowest BCUT2D eigenvalue weighted by Gasteiger charge is -2.19. The van der Waals surface area contributed by atoms with Crippen LogP contribution in [-0.4, -0.2) is 18.2 Å². The summed E-state index contributed by atoms with van der Waals surface area (Å²) < 4.78 is 61.8. The minimum Gasteiger partial charge on any atom is -0.386 e. The van der Waals surface area contributed by atoms with Gasteiger partial charge in [0.25, 0.3) is 0 Å². The molecule has 0 bridgehead atoms. The summed E-state index contributed by atoms with van der Waals surface area (Å²) in [5, 5.41) is 2.58. The first-order chi connectivity index (χ1) is 7.20. The fourth-order valence-electron chi connectivity index (χ4n) is 0.932. The second-order valence-corrected chi connectivity index (χ2v) is 3.73. The number of halogens is 6. The van der Waals surface area contributed by atoms with Crippen LogP contribution < -0.4 is 5.32 Å². The Kier molecular flexibility index (Phi) is 3.41. The number of nitrogens with one attached hydrogen (secondary N) is 1. The molecule has 16 heavy (non-hydrogen) atoms. The highest BCUT2D eigenvalue weighted by atomic mass is 79.9. The minimum atomic E-state index is -5.65. The molecule has 1 aromatic heterocycles. The molecule has 0 unspecified atom stereocenters. The molecule has 0 aliphatic carbocycles. The summed E-state index contributed by atoms with van der Waals surface area (Å²) in [5.41, 5.74) is -1.02. The number of hydrogen-bond acceptors (Lipinski definition) is 2. The summed E-state index contributed by atoms with van der Waals surface area (Å²) in [6.45, 7) is 0. The Hall–Kier alpha value is -0.920. The second-order valence-electron chi connectivity index (χ2n) is 2.87. The van der Waals surface area contributed by atoms with Gasteiger partial charge in [0.2, 0.25) is 0 Å². The monoisotopic (exact) mass is 304 g/mol. The van der Waals surface area contributed by atoms with Gasteiger partial charge in [-0.2, -0.15) is 22.0 Å². The fourth-order valence-corrected chi connectivity index (χ4v) is 1.45. The molecule has 1 aromatic rings. The van der Waals surface area contributed by atoms with Gasteiger partial charge >= 0.3 is 12.1 Å². The summed E-state index contributed by atoms with van der Waals surface area (Å²) >= 11 is 2.86. The minimum absolute atomic E-state index is 0.0870. The molecule has 0 saturated heterocycles. The predicted octanol–water partition coefficient (Wildman–Crippen LogP) is 3.54. The van der Waals surface area contributed by atoms with Crippen molar-refractivity contribution in [2.24, 2.45) is 0 Å². The van der Waals surface area contributed by atoms with E-state index in [1.54, 1.807) is 0 Å². The lowest BCUT2D eigenvalue weighted by atomic mass is 10.2. The number of aromatic nitrogens is 1. The first-order valence-electron chi connectivity index (χ1n) is 3.98. The van der Waals surface area contributed by atoms with Crippen molar-refractivity contribution in [1.29, 1.82) is 0 Å². The molecular formula is C8H6BrF5N2. The largest absolute Gasteiger partial charge is 0.459 e. The van der Waals surface area contributed by atoms with Gasteiger partial charge in [0.1, 0.15) is 5.69 Å². The smallest absolute Gasteiger partial charge is 0.386 e. The maximum absolute atomic E-state index is 12.8. The van der Waals surface area contributed by atoms with Crippen LogP contribution in [0.15, 0.2) is 16.7 Å². The van der Waals surface area contributed by atoms with Crippen molar-refractivity contribution >= 4 is 21.6 Å². The zero-order chi connectivity index (χ0) is 12.6. The molecule has 1 heterocycles. The molecule has 8 heteroatoms. The van der Waals surface area contributed by atoms with Crippen LogP contribution in [0.5, 0.6) is 0 Å². The molecular weight excluding hydrogens is 299 g/mol. The lowest BCUT2D eigenvalue weighted by molar-refractivity contribution is -0.290. The molecule has 1 N–H and O–H groups in total. The predicted molar refractivity (Wildman–Crippen MR) is 51.4 cm³/mol. The van der Waals surface area contributed by atoms with Gasteiger partial charge in [-0.05, 0) is 22.0 Å². The Labute approximate surface area is 96.0 Å². The van der Waals surface area contributed by atoms with Gasteiger partial charge in [-0.1, -0.05) is 0 Å². The topological polar surface area (TPSA) is 24.9 Å². The molecule has 0 aromatic carbocycles. The van der Waals surface area contributed by atoms with Gasteiger partial charge in [0.15, 0.2) is 0 Å². The molecule has 0 aliphatic heterocycles. The van der Waals surface area contributed by atoms with E-state index in [4.69, 9.17) is 0 Å². The van der Waals surface area contributed by atoms with Crippen molar-refractivity contribution in [2.45, 2.75) is 12.1 Å². The van der Waals surface area contributed by atoms with Crippen molar-refractivity contribution in [3.8, 4) is 0 Å². The van der Waals surface area contributed by atoms with E-state index in [1.165, 1.54) is 7.05 Å². The third-order valence-electron chi connectivity index (χ3n) is 1.80. The molecule has 0 spiro atoms. The standard InChI is InChI=1S/C8H6BrF5N2/c1-15-5-3-16-6(2-4(5)9)7(10,11)8(12,13)14/h2-3,15H,1H3. The highest BCUT2D eigenvalue weighted by Crippen LogP contribution is 2.43. The van der Waals surface area contributed by atoms with Gasteiger partial charge in [0.05, 0.1) is 11.9 Å². The molecule has 0 radical (unpaired) electrons. The van der Waals surface area contributed by atoms with Crippen molar-refractivity contribution in [2.75, 3.05) is 12.4 Å². The third-order valence-corrected chi connectivity index (χ3v) is 2.46. The van der Waals surface area contributed by atoms with E-state index in [1.807, 2.05) is 0 Å².